The van der Waals surface area contributed by atoms with Crippen LogP contribution in [0, 0.1) is 0 Å². The van der Waals surface area contributed by atoms with Gasteiger partial charge in [0.1, 0.15) is 0 Å². The number of hydrogen-bond acceptors (Lipinski definition) is 4. The summed E-state index contributed by atoms with van der Waals surface area (Å²) in [5.41, 5.74) is 0.435. The Labute approximate surface area is 82.0 Å². The van der Waals surface area contributed by atoms with Crippen LogP contribution in [0.5, 0.6) is 0 Å². The van der Waals surface area contributed by atoms with E-state index in [4.69, 9.17) is 0 Å². The fourth-order valence-electron chi connectivity index (χ4n) is 0.795. The molecule has 0 saturated heterocycles. The topological polar surface area (TPSA) is 42.0 Å². The molecule has 0 spiro atoms. The fraction of sp³-hybridized carbons (Fsp3) is 0.429. The smallest absolute Gasteiger partial charge is 0.314 e. The minimum Gasteiger partial charge on any atom is -0.314 e. The zero-order valence-corrected chi connectivity index (χ0v) is 8.00. The second-order valence-corrected chi connectivity index (χ2v) is 3.36. The standard InChI is InChI=1S/C7H7F3N2OS/c1-11-2-4-3-14-6(12-4)5(13)7(8,9)10/h3,11H,2H2,1H3. The van der Waals surface area contributed by atoms with Crippen molar-refractivity contribution in [3.05, 3.63) is 16.1 Å². The number of carbonyl (C=O) groups is 1. The quantitative estimate of drug-likeness (QED) is 0.793. The lowest BCUT2D eigenvalue weighted by molar-refractivity contribution is -0.0885. The summed E-state index contributed by atoms with van der Waals surface area (Å²) >= 11 is 0.704. The molecule has 1 aromatic rings. The van der Waals surface area contributed by atoms with Crippen molar-refractivity contribution >= 4 is 17.1 Å². The number of aromatic nitrogens is 1. The minimum absolute atomic E-state index is 0.349. The minimum atomic E-state index is -4.84. The Morgan fingerprint density at radius 1 is 1.64 bits per heavy atom. The molecule has 0 amide bonds. The first-order valence-corrected chi connectivity index (χ1v) is 4.53. The molecule has 1 heterocycles. The van der Waals surface area contributed by atoms with Crippen LogP contribution in [0.4, 0.5) is 13.2 Å². The van der Waals surface area contributed by atoms with Gasteiger partial charge in [0, 0.05) is 11.9 Å². The SMILES string of the molecule is CNCc1csc(C(=O)C(F)(F)F)n1. The second kappa shape index (κ2) is 4.05. The van der Waals surface area contributed by atoms with Gasteiger partial charge in [-0.15, -0.1) is 11.3 Å². The van der Waals surface area contributed by atoms with Crippen LogP contribution in [0.15, 0.2) is 5.38 Å². The first-order chi connectivity index (χ1) is 6.45. The maximum atomic E-state index is 11.9. The van der Waals surface area contributed by atoms with Crippen LogP contribution < -0.4 is 5.32 Å². The molecule has 14 heavy (non-hydrogen) atoms. The van der Waals surface area contributed by atoms with Gasteiger partial charge in [-0.05, 0) is 7.05 Å². The first-order valence-electron chi connectivity index (χ1n) is 3.65. The summed E-state index contributed by atoms with van der Waals surface area (Å²) in [7, 11) is 1.64. The summed E-state index contributed by atoms with van der Waals surface area (Å²) in [6.07, 6.45) is -4.84. The zero-order valence-electron chi connectivity index (χ0n) is 7.18. The number of Topliss-reactive ketones (excluding diaryl/α,β-unsaturated/α-hetero) is 1. The molecule has 0 aliphatic heterocycles. The molecule has 0 aliphatic carbocycles. The van der Waals surface area contributed by atoms with E-state index in [9.17, 15) is 18.0 Å². The molecule has 1 rings (SSSR count). The predicted molar refractivity (Wildman–Crippen MR) is 45.3 cm³/mol. The van der Waals surface area contributed by atoms with Crippen molar-refractivity contribution in [2.45, 2.75) is 12.7 Å². The Morgan fingerprint density at radius 2 is 2.29 bits per heavy atom. The third kappa shape index (κ3) is 2.52. The number of hydrogen-bond donors (Lipinski definition) is 1. The van der Waals surface area contributed by atoms with Crippen LogP contribution >= 0.6 is 11.3 Å². The third-order valence-electron chi connectivity index (χ3n) is 1.36. The lowest BCUT2D eigenvalue weighted by Crippen LogP contribution is -2.22. The average molecular weight is 224 g/mol. The Bertz CT molecular complexity index is 334. The highest BCUT2D eigenvalue weighted by Gasteiger charge is 2.41. The van der Waals surface area contributed by atoms with Gasteiger partial charge in [-0.3, -0.25) is 4.79 Å². The van der Waals surface area contributed by atoms with Gasteiger partial charge in [0.25, 0.3) is 5.78 Å². The third-order valence-corrected chi connectivity index (χ3v) is 2.25. The molecule has 1 N–H and O–H groups in total. The monoisotopic (exact) mass is 224 g/mol. The van der Waals surface area contributed by atoms with Crippen LogP contribution in [0.2, 0.25) is 0 Å². The molecule has 0 fully saturated rings. The molecular weight excluding hydrogens is 217 g/mol. The summed E-state index contributed by atoms with van der Waals surface area (Å²) in [5, 5.41) is 3.64. The average Bonchev–Trinajstić information content (AvgIpc) is 2.50. The van der Waals surface area contributed by atoms with E-state index in [0.717, 1.165) is 0 Å². The molecule has 0 aromatic carbocycles. The lowest BCUT2D eigenvalue weighted by Gasteiger charge is -2.00. The van der Waals surface area contributed by atoms with Crippen molar-refractivity contribution in [1.29, 1.82) is 0 Å². The van der Waals surface area contributed by atoms with Crippen molar-refractivity contribution in [1.82, 2.24) is 10.3 Å². The molecule has 0 atom stereocenters. The number of rotatable bonds is 3. The van der Waals surface area contributed by atoms with Gasteiger partial charge in [0.2, 0.25) is 0 Å². The van der Waals surface area contributed by atoms with Gasteiger partial charge in [-0.1, -0.05) is 0 Å². The van der Waals surface area contributed by atoms with E-state index in [1.807, 2.05) is 0 Å². The highest BCUT2D eigenvalue weighted by Crippen LogP contribution is 2.23. The van der Waals surface area contributed by atoms with E-state index < -0.39 is 17.0 Å². The van der Waals surface area contributed by atoms with Gasteiger partial charge in [-0.2, -0.15) is 13.2 Å². The summed E-state index contributed by atoms with van der Waals surface area (Å²) < 4.78 is 35.8. The lowest BCUT2D eigenvalue weighted by atomic mass is 10.4. The number of alkyl halides is 3. The van der Waals surface area contributed by atoms with E-state index in [-0.39, 0.29) is 0 Å². The highest BCUT2D eigenvalue weighted by atomic mass is 32.1. The fourth-order valence-corrected chi connectivity index (χ4v) is 1.57. The summed E-state index contributed by atoms with van der Waals surface area (Å²) in [4.78, 5) is 14.2. The summed E-state index contributed by atoms with van der Waals surface area (Å²) in [5.74, 6) is -1.88. The van der Waals surface area contributed by atoms with E-state index in [1.165, 1.54) is 5.38 Å². The molecule has 0 radical (unpaired) electrons. The molecule has 0 bridgehead atoms. The maximum Gasteiger partial charge on any atom is 0.457 e. The molecule has 0 saturated carbocycles. The molecule has 3 nitrogen and oxygen atoms in total. The predicted octanol–water partition coefficient (Wildman–Crippen LogP) is 1.61. The maximum absolute atomic E-state index is 11.9. The number of nitrogens with one attached hydrogen (secondary N) is 1. The molecule has 7 heteroatoms. The van der Waals surface area contributed by atoms with Crippen molar-refractivity contribution in [2.24, 2.45) is 0 Å². The van der Waals surface area contributed by atoms with Crippen LogP contribution in [-0.2, 0) is 6.54 Å². The second-order valence-electron chi connectivity index (χ2n) is 2.50. The molecule has 0 aliphatic rings. The van der Waals surface area contributed by atoms with Crippen molar-refractivity contribution < 1.29 is 18.0 Å². The highest BCUT2D eigenvalue weighted by molar-refractivity contribution is 7.11. The molecular formula is C7H7F3N2OS. The Morgan fingerprint density at radius 3 is 2.79 bits per heavy atom. The number of thiazole rings is 1. The molecule has 1 aromatic heterocycles. The largest absolute Gasteiger partial charge is 0.457 e. The van der Waals surface area contributed by atoms with Crippen molar-refractivity contribution in [3.63, 3.8) is 0 Å². The summed E-state index contributed by atoms with van der Waals surface area (Å²) in [6.45, 7) is 0.349. The van der Waals surface area contributed by atoms with Gasteiger partial charge in [0.15, 0.2) is 5.01 Å². The van der Waals surface area contributed by atoms with E-state index in [1.54, 1.807) is 7.05 Å². The van der Waals surface area contributed by atoms with Gasteiger partial charge >= 0.3 is 6.18 Å². The molecule has 78 valence electrons. The Balaban J connectivity index is 2.82. The van der Waals surface area contributed by atoms with Gasteiger partial charge < -0.3 is 5.32 Å². The van der Waals surface area contributed by atoms with Gasteiger partial charge in [-0.25, -0.2) is 4.98 Å². The van der Waals surface area contributed by atoms with Crippen LogP contribution in [0.3, 0.4) is 0 Å². The molecule has 0 unspecified atom stereocenters. The number of halogens is 3. The normalized spacial score (nSPS) is 11.7. The van der Waals surface area contributed by atoms with Crippen molar-refractivity contribution in [2.75, 3.05) is 7.05 Å². The van der Waals surface area contributed by atoms with Crippen LogP contribution in [0.1, 0.15) is 15.5 Å². The van der Waals surface area contributed by atoms with E-state index >= 15 is 0 Å². The van der Waals surface area contributed by atoms with Gasteiger partial charge in [0.05, 0.1) is 5.69 Å². The number of ketones is 1. The van der Waals surface area contributed by atoms with Crippen LogP contribution in [0.25, 0.3) is 0 Å². The zero-order chi connectivity index (χ0) is 10.8. The first kappa shape index (κ1) is 11.1. The van der Waals surface area contributed by atoms with E-state index in [2.05, 4.69) is 10.3 Å². The Hall–Kier alpha value is -0.950. The number of carbonyl (C=O) groups excluding carboxylic acids is 1. The summed E-state index contributed by atoms with van der Waals surface area (Å²) in [6, 6.07) is 0. The van der Waals surface area contributed by atoms with Crippen LogP contribution in [-0.4, -0.2) is 24.0 Å². The van der Waals surface area contributed by atoms with E-state index in [0.29, 0.717) is 23.6 Å². The Kier molecular flexibility index (Phi) is 3.22. The van der Waals surface area contributed by atoms with Crippen molar-refractivity contribution in [3.8, 4) is 0 Å². The number of nitrogens with zero attached hydrogens (tertiary/aromatic N) is 1.